The number of nitrogens with one attached hydrogen (secondary N) is 1. The van der Waals surface area contributed by atoms with E-state index in [9.17, 15) is 4.79 Å². The molecule has 2 atom stereocenters. The standard InChI is InChI=1S/C27H30N4O/c1-19-12-22(18-31(19)27(32)11-8-21-6-4-3-5-7-21)17-30-20(2)13-24-14-23(9-10-26(24)30)25-15-28-29-16-25/h3-7,9-10,13-16,19,22H,8,11-12,17-18H2,1-2H3,(H,28,29)/t19-,22+/m0/s1. The summed E-state index contributed by atoms with van der Waals surface area (Å²) in [6.45, 7) is 6.17. The van der Waals surface area contributed by atoms with Crippen molar-refractivity contribution in [1.82, 2.24) is 19.7 Å². The second-order valence-corrected chi connectivity index (χ2v) is 9.14. The molecule has 0 aliphatic carbocycles. The smallest absolute Gasteiger partial charge is 0.223 e. The molecular formula is C27H30N4O. The highest BCUT2D eigenvalue weighted by Crippen LogP contribution is 2.30. The van der Waals surface area contributed by atoms with Crippen molar-refractivity contribution < 1.29 is 4.79 Å². The number of hydrogen-bond donors (Lipinski definition) is 1. The lowest BCUT2D eigenvalue weighted by molar-refractivity contribution is -0.131. The second-order valence-electron chi connectivity index (χ2n) is 9.14. The Morgan fingerprint density at radius 1 is 1.12 bits per heavy atom. The minimum atomic E-state index is 0.280. The minimum absolute atomic E-state index is 0.280. The molecule has 2 aromatic heterocycles. The van der Waals surface area contributed by atoms with Crippen LogP contribution in [0, 0.1) is 12.8 Å². The van der Waals surface area contributed by atoms with Crippen LogP contribution in [0.15, 0.2) is 67.0 Å². The van der Waals surface area contributed by atoms with Gasteiger partial charge in [0.15, 0.2) is 0 Å². The van der Waals surface area contributed by atoms with E-state index < -0.39 is 0 Å². The van der Waals surface area contributed by atoms with E-state index in [1.54, 1.807) is 0 Å². The number of nitrogens with zero attached hydrogens (tertiary/aromatic N) is 3. The molecule has 5 rings (SSSR count). The molecule has 0 saturated carbocycles. The molecule has 1 aliphatic rings. The van der Waals surface area contributed by atoms with E-state index in [1.165, 1.54) is 27.7 Å². The number of aromatic amines is 1. The Balaban J connectivity index is 1.27. The Labute approximate surface area is 189 Å². The Morgan fingerprint density at radius 2 is 1.97 bits per heavy atom. The molecule has 0 unspecified atom stereocenters. The maximum atomic E-state index is 12.9. The van der Waals surface area contributed by atoms with Crippen LogP contribution in [-0.4, -0.2) is 38.2 Å². The Kier molecular flexibility index (Phi) is 5.56. The highest BCUT2D eigenvalue weighted by Gasteiger charge is 2.32. The van der Waals surface area contributed by atoms with Gasteiger partial charge in [-0.15, -0.1) is 0 Å². The number of benzene rings is 2. The van der Waals surface area contributed by atoms with E-state index in [1.807, 2.05) is 30.6 Å². The summed E-state index contributed by atoms with van der Waals surface area (Å²) in [6.07, 6.45) is 6.24. The zero-order valence-electron chi connectivity index (χ0n) is 18.8. The van der Waals surface area contributed by atoms with Crippen LogP contribution in [0.2, 0.25) is 0 Å². The summed E-state index contributed by atoms with van der Waals surface area (Å²) in [6, 6.07) is 19.5. The number of amides is 1. The van der Waals surface area contributed by atoms with E-state index >= 15 is 0 Å². The first-order chi connectivity index (χ1) is 15.6. The van der Waals surface area contributed by atoms with E-state index in [2.05, 4.69) is 69.9 Å². The van der Waals surface area contributed by atoms with Gasteiger partial charge in [-0.1, -0.05) is 36.4 Å². The topological polar surface area (TPSA) is 53.9 Å². The maximum Gasteiger partial charge on any atom is 0.223 e. The third-order valence-corrected chi connectivity index (χ3v) is 6.83. The van der Waals surface area contributed by atoms with E-state index in [0.29, 0.717) is 18.4 Å². The van der Waals surface area contributed by atoms with Crippen molar-refractivity contribution >= 4 is 16.8 Å². The molecule has 0 spiro atoms. The SMILES string of the molecule is Cc1cc2cc(-c3cn[nH]c3)ccc2n1C[C@H]1C[C@H](C)N(C(=O)CCc2ccccc2)C1. The van der Waals surface area contributed by atoms with Gasteiger partial charge in [-0.05, 0) is 61.9 Å². The van der Waals surface area contributed by atoms with Crippen molar-refractivity contribution in [2.24, 2.45) is 5.92 Å². The summed E-state index contributed by atoms with van der Waals surface area (Å²) >= 11 is 0. The van der Waals surface area contributed by atoms with Gasteiger partial charge in [-0.3, -0.25) is 9.89 Å². The quantitative estimate of drug-likeness (QED) is 0.460. The lowest BCUT2D eigenvalue weighted by Crippen LogP contribution is -2.34. The largest absolute Gasteiger partial charge is 0.345 e. The first kappa shape index (κ1) is 20.6. The van der Waals surface area contributed by atoms with Gasteiger partial charge in [-0.25, -0.2) is 0 Å². The van der Waals surface area contributed by atoms with Crippen LogP contribution in [0.1, 0.15) is 31.0 Å². The molecule has 1 fully saturated rings. The number of aryl methyl sites for hydroxylation is 2. The van der Waals surface area contributed by atoms with Crippen molar-refractivity contribution in [3.8, 4) is 11.1 Å². The van der Waals surface area contributed by atoms with Gasteiger partial charge >= 0.3 is 0 Å². The van der Waals surface area contributed by atoms with Crippen molar-refractivity contribution in [1.29, 1.82) is 0 Å². The molecule has 0 bridgehead atoms. The van der Waals surface area contributed by atoms with Crippen molar-refractivity contribution in [3.63, 3.8) is 0 Å². The molecule has 2 aromatic carbocycles. The fourth-order valence-electron chi connectivity index (χ4n) is 5.16. The van der Waals surface area contributed by atoms with Crippen LogP contribution in [0.5, 0.6) is 0 Å². The zero-order chi connectivity index (χ0) is 22.1. The van der Waals surface area contributed by atoms with E-state index in [4.69, 9.17) is 0 Å². The predicted octanol–water partition coefficient (Wildman–Crippen LogP) is 5.21. The number of aromatic nitrogens is 3. The van der Waals surface area contributed by atoms with Crippen LogP contribution >= 0.6 is 0 Å². The maximum absolute atomic E-state index is 12.9. The molecule has 1 N–H and O–H groups in total. The summed E-state index contributed by atoms with van der Waals surface area (Å²) in [5.74, 6) is 0.760. The fraction of sp³-hybridized carbons (Fsp3) is 0.333. The summed E-state index contributed by atoms with van der Waals surface area (Å²) in [5.41, 5.74) is 6.04. The lowest BCUT2D eigenvalue weighted by atomic mass is 10.1. The summed E-state index contributed by atoms with van der Waals surface area (Å²) < 4.78 is 2.42. The first-order valence-electron chi connectivity index (χ1n) is 11.5. The van der Waals surface area contributed by atoms with Gasteiger partial charge in [0.25, 0.3) is 0 Å². The van der Waals surface area contributed by atoms with Crippen molar-refractivity contribution in [2.75, 3.05) is 6.54 Å². The normalized spacial score (nSPS) is 18.5. The van der Waals surface area contributed by atoms with Gasteiger partial charge in [-0.2, -0.15) is 5.10 Å². The molecule has 0 radical (unpaired) electrons. The molecule has 3 heterocycles. The molecule has 4 aromatic rings. The third kappa shape index (κ3) is 4.07. The summed E-state index contributed by atoms with van der Waals surface area (Å²) in [4.78, 5) is 15.0. The minimum Gasteiger partial charge on any atom is -0.345 e. The van der Waals surface area contributed by atoms with Crippen molar-refractivity contribution in [2.45, 2.75) is 45.7 Å². The average molecular weight is 427 g/mol. The highest BCUT2D eigenvalue weighted by atomic mass is 16.2. The van der Waals surface area contributed by atoms with Crippen LogP contribution in [0.25, 0.3) is 22.0 Å². The highest BCUT2D eigenvalue weighted by molar-refractivity contribution is 5.86. The van der Waals surface area contributed by atoms with Crippen molar-refractivity contribution in [3.05, 3.63) is 78.2 Å². The molecule has 1 amide bonds. The molecule has 32 heavy (non-hydrogen) atoms. The molecule has 1 aliphatic heterocycles. The number of carbonyl (C=O) groups is 1. The zero-order valence-corrected chi connectivity index (χ0v) is 18.8. The van der Waals surface area contributed by atoms with Crippen LogP contribution in [-0.2, 0) is 17.8 Å². The Bertz CT molecular complexity index is 1210. The predicted molar refractivity (Wildman–Crippen MR) is 128 cm³/mol. The monoisotopic (exact) mass is 426 g/mol. The number of hydrogen-bond acceptors (Lipinski definition) is 2. The molecule has 5 heteroatoms. The molecule has 1 saturated heterocycles. The third-order valence-electron chi connectivity index (χ3n) is 6.83. The summed E-state index contributed by atoms with van der Waals surface area (Å²) in [5, 5.41) is 8.21. The Morgan fingerprint density at radius 3 is 2.75 bits per heavy atom. The fourth-order valence-corrected chi connectivity index (χ4v) is 5.16. The van der Waals surface area contributed by atoms with Crippen LogP contribution < -0.4 is 0 Å². The molecule has 164 valence electrons. The van der Waals surface area contributed by atoms with Gasteiger partial charge in [0.1, 0.15) is 0 Å². The average Bonchev–Trinajstić information content (AvgIpc) is 3.53. The number of rotatable bonds is 6. The van der Waals surface area contributed by atoms with Crippen LogP contribution in [0.3, 0.4) is 0 Å². The van der Waals surface area contributed by atoms with Gasteiger partial charge in [0, 0.05) is 53.9 Å². The van der Waals surface area contributed by atoms with E-state index in [0.717, 1.165) is 31.5 Å². The first-order valence-corrected chi connectivity index (χ1v) is 11.5. The number of H-pyrrole nitrogens is 1. The lowest BCUT2D eigenvalue weighted by Gasteiger charge is -2.21. The van der Waals surface area contributed by atoms with Gasteiger partial charge in [0.05, 0.1) is 6.20 Å². The van der Waals surface area contributed by atoms with Crippen LogP contribution in [0.4, 0.5) is 0 Å². The number of likely N-dealkylation sites (tertiary alicyclic amines) is 1. The van der Waals surface area contributed by atoms with E-state index in [-0.39, 0.29) is 5.91 Å². The Hall–Kier alpha value is -3.34. The summed E-state index contributed by atoms with van der Waals surface area (Å²) in [7, 11) is 0. The van der Waals surface area contributed by atoms with Gasteiger partial charge in [0.2, 0.25) is 5.91 Å². The number of fused-ring (bicyclic) bond motifs is 1. The van der Waals surface area contributed by atoms with Gasteiger partial charge < -0.3 is 9.47 Å². The second kappa shape index (κ2) is 8.65. The molecule has 5 nitrogen and oxygen atoms in total. The molecular weight excluding hydrogens is 396 g/mol. The number of carbonyl (C=O) groups excluding carboxylic acids is 1.